The SMILES string of the molecule is Cc1cccc(CNc2cc(-c3cccnc3)nc(NCC(=O)O)n2)c1. The molecule has 26 heavy (non-hydrogen) atoms. The minimum atomic E-state index is -0.977. The number of nitrogens with zero attached hydrogens (tertiary/aromatic N) is 3. The van der Waals surface area contributed by atoms with Gasteiger partial charge in [-0.1, -0.05) is 29.8 Å². The molecule has 0 unspecified atom stereocenters. The van der Waals surface area contributed by atoms with Gasteiger partial charge in [-0.2, -0.15) is 4.98 Å². The molecule has 132 valence electrons. The van der Waals surface area contributed by atoms with Crippen molar-refractivity contribution in [3.63, 3.8) is 0 Å². The number of carboxylic acids is 1. The predicted octanol–water partition coefficient (Wildman–Crippen LogP) is 2.96. The lowest BCUT2D eigenvalue weighted by atomic mass is 10.1. The number of nitrogens with one attached hydrogen (secondary N) is 2. The van der Waals surface area contributed by atoms with Crippen LogP contribution in [0.5, 0.6) is 0 Å². The van der Waals surface area contributed by atoms with Crippen LogP contribution in [-0.2, 0) is 11.3 Å². The van der Waals surface area contributed by atoms with Crippen LogP contribution >= 0.6 is 0 Å². The highest BCUT2D eigenvalue weighted by Crippen LogP contribution is 2.21. The minimum Gasteiger partial charge on any atom is -0.480 e. The number of carboxylic acid groups (broad SMARTS) is 1. The molecule has 3 N–H and O–H groups in total. The smallest absolute Gasteiger partial charge is 0.322 e. The van der Waals surface area contributed by atoms with E-state index in [1.807, 2.05) is 43.3 Å². The van der Waals surface area contributed by atoms with Crippen molar-refractivity contribution in [3.05, 3.63) is 66.0 Å². The summed E-state index contributed by atoms with van der Waals surface area (Å²) in [5, 5.41) is 14.9. The first-order valence-electron chi connectivity index (χ1n) is 8.15. The first-order chi connectivity index (χ1) is 12.6. The quantitative estimate of drug-likeness (QED) is 0.603. The van der Waals surface area contributed by atoms with Gasteiger partial charge in [0.25, 0.3) is 0 Å². The zero-order valence-electron chi connectivity index (χ0n) is 14.3. The highest BCUT2D eigenvalue weighted by atomic mass is 16.4. The summed E-state index contributed by atoms with van der Waals surface area (Å²) in [7, 11) is 0. The number of aliphatic carboxylic acids is 1. The van der Waals surface area contributed by atoms with E-state index in [1.54, 1.807) is 12.4 Å². The zero-order chi connectivity index (χ0) is 18.4. The fourth-order valence-corrected chi connectivity index (χ4v) is 2.45. The van der Waals surface area contributed by atoms with Crippen molar-refractivity contribution in [3.8, 4) is 11.3 Å². The summed E-state index contributed by atoms with van der Waals surface area (Å²) >= 11 is 0. The van der Waals surface area contributed by atoms with E-state index in [1.165, 1.54) is 5.56 Å². The second-order valence-corrected chi connectivity index (χ2v) is 5.79. The van der Waals surface area contributed by atoms with Gasteiger partial charge >= 0.3 is 5.97 Å². The molecule has 7 heteroatoms. The number of aromatic nitrogens is 3. The maximum absolute atomic E-state index is 10.8. The molecule has 0 saturated carbocycles. The molecule has 2 aromatic heterocycles. The second kappa shape index (κ2) is 8.06. The van der Waals surface area contributed by atoms with Crippen LogP contribution in [0.25, 0.3) is 11.3 Å². The van der Waals surface area contributed by atoms with Gasteiger partial charge in [0, 0.05) is 30.6 Å². The zero-order valence-corrected chi connectivity index (χ0v) is 14.3. The van der Waals surface area contributed by atoms with Crippen molar-refractivity contribution in [1.82, 2.24) is 15.0 Å². The summed E-state index contributed by atoms with van der Waals surface area (Å²) in [6.07, 6.45) is 3.39. The van der Waals surface area contributed by atoms with Crippen LogP contribution < -0.4 is 10.6 Å². The van der Waals surface area contributed by atoms with Gasteiger partial charge in [0.2, 0.25) is 5.95 Å². The molecule has 3 aromatic rings. The van der Waals surface area contributed by atoms with Crippen LogP contribution in [0, 0.1) is 6.92 Å². The number of aryl methyl sites for hydroxylation is 1. The molecular weight excluding hydrogens is 330 g/mol. The van der Waals surface area contributed by atoms with E-state index in [9.17, 15) is 4.79 Å². The lowest BCUT2D eigenvalue weighted by Crippen LogP contribution is -2.15. The van der Waals surface area contributed by atoms with Gasteiger partial charge in [-0.3, -0.25) is 9.78 Å². The van der Waals surface area contributed by atoms with Gasteiger partial charge in [-0.15, -0.1) is 0 Å². The maximum Gasteiger partial charge on any atom is 0.322 e. The van der Waals surface area contributed by atoms with E-state index in [0.717, 1.165) is 11.1 Å². The number of hydrogen-bond donors (Lipinski definition) is 3. The van der Waals surface area contributed by atoms with Gasteiger partial charge in [-0.25, -0.2) is 4.98 Å². The van der Waals surface area contributed by atoms with Crippen molar-refractivity contribution < 1.29 is 9.90 Å². The van der Waals surface area contributed by atoms with Crippen LogP contribution in [0.4, 0.5) is 11.8 Å². The van der Waals surface area contributed by atoms with E-state index in [-0.39, 0.29) is 12.5 Å². The Labute approximate surface area is 151 Å². The number of pyridine rings is 1. The number of carbonyl (C=O) groups is 1. The number of anilines is 2. The van der Waals surface area contributed by atoms with Gasteiger partial charge in [0.15, 0.2) is 0 Å². The predicted molar refractivity (Wildman–Crippen MR) is 99.9 cm³/mol. The molecule has 0 aliphatic carbocycles. The van der Waals surface area contributed by atoms with E-state index in [4.69, 9.17) is 5.11 Å². The molecule has 0 aliphatic heterocycles. The normalized spacial score (nSPS) is 10.3. The van der Waals surface area contributed by atoms with Crippen molar-refractivity contribution in [2.45, 2.75) is 13.5 Å². The third-order valence-corrected chi connectivity index (χ3v) is 3.64. The molecule has 7 nitrogen and oxygen atoms in total. The van der Waals surface area contributed by atoms with Crippen LogP contribution in [0.3, 0.4) is 0 Å². The van der Waals surface area contributed by atoms with Crippen molar-refractivity contribution in [1.29, 1.82) is 0 Å². The van der Waals surface area contributed by atoms with Gasteiger partial charge < -0.3 is 15.7 Å². The number of rotatable bonds is 7. The molecule has 0 amide bonds. The molecule has 0 radical (unpaired) electrons. The lowest BCUT2D eigenvalue weighted by molar-refractivity contribution is -0.134. The number of hydrogen-bond acceptors (Lipinski definition) is 6. The van der Waals surface area contributed by atoms with E-state index < -0.39 is 5.97 Å². The number of benzene rings is 1. The lowest BCUT2D eigenvalue weighted by Gasteiger charge is -2.11. The molecular formula is C19H19N5O2. The monoisotopic (exact) mass is 349 g/mol. The first-order valence-corrected chi connectivity index (χ1v) is 8.15. The molecule has 0 fully saturated rings. The summed E-state index contributed by atoms with van der Waals surface area (Å²) < 4.78 is 0. The Morgan fingerprint density at radius 3 is 2.73 bits per heavy atom. The summed E-state index contributed by atoms with van der Waals surface area (Å²) in [5.41, 5.74) is 3.80. The Balaban J connectivity index is 1.85. The molecule has 1 aromatic carbocycles. The molecule has 0 bridgehead atoms. The van der Waals surface area contributed by atoms with Gasteiger partial charge in [-0.05, 0) is 24.6 Å². The highest BCUT2D eigenvalue weighted by molar-refractivity contribution is 5.72. The topological polar surface area (TPSA) is 100 Å². The molecule has 3 rings (SSSR count). The average molecular weight is 349 g/mol. The van der Waals surface area contributed by atoms with Gasteiger partial charge in [0.05, 0.1) is 5.69 Å². The summed E-state index contributed by atoms with van der Waals surface area (Å²) in [4.78, 5) is 23.6. The Kier molecular flexibility index (Phi) is 5.38. The molecule has 2 heterocycles. The molecule has 0 saturated heterocycles. The summed E-state index contributed by atoms with van der Waals surface area (Å²) in [6.45, 7) is 2.39. The third kappa shape index (κ3) is 4.76. The Bertz CT molecular complexity index is 899. The minimum absolute atomic E-state index is 0.250. The van der Waals surface area contributed by atoms with Crippen molar-refractivity contribution in [2.24, 2.45) is 0 Å². The van der Waals surface area contributed by atoms with Crippen molar-refractivity contribution >= 4 is 17.7 Å². The fourth-order valence-electron chi connectivity index (χ4n) is 2.45. The Morgan fingerprint density at radius 1 is 1.12 bits per heavy atom. The van der Waals surface area contributed by atoms with Crippen LogP contribution in [-0.4, -0.2) is 32.6 Å². The molecule has 0 spiro atoms. The van der Waals surface area contributed by atoms with Crippen LogP contribution in [0.1, 0.15) is 11.1 Å². The van der Waals surface area contributed by atoms with E-state index in [2.05, 4.69) is 31.7 Å². The van der Waals surface area contributed by atoms with E-state index in [0.29, 0.717) is 18.1 Å². The second-order valence-electron chi connectivity index (χ2n) is 5.79. The Morgan fingerprint density at radius 2 is 2.00 bits per heavy atom. The highest BCUT2D eigenvalue weighted by Gasteiger charge is 2.08. The largest absolute Gasteiger partial charge is 0.480 e. The first kappa shape index (κ1) is 17.3. The van der Waals surface area contributed by atoms with Crippen LogP contribution in [0.15, 0.2) is 54.9 Å². The molecule has 0 atom stereocenters. The standard InChI is InChI=1S/C19H19N5O2/c1-13-4-2-5-14(8-13)10-21-17-9-16(15-6-3-7-20-11-15)23-19(24-17)22-12-18(25)26/h2-9,11H,10,12H2,1H3,(H,25,26)(H2,21,22,23,24). The van der Waals surface area contributed by atoms with Gasteiger partial charge in [0.1, 0.15) is 12.4 Å². The third-order valence-electron chi connectivity index (χ3n) is 3.64. The molecule has 0 aliphatic rings. The van der Waals surface area contributed by atoms with E-state index >= 15 is 0 Å². The van der Waals surface area contributed by atoms with Crippen LogP contribution in [0.2, 0.25) is 0 Å². The fraction of sp³-hybridized carbons (Fsp3) is 0.158. The summed E-state index contributed by atoms with van der Waals surface area (Å²) in [6, 6.07) is 13.7. The Hall–Kier alpha value is -3.48. The van der Waals surface area contributed by atoms with Crippen molar-refractivity contribution in [2.75, 3.05) is 17.2 Å². The maximum atomic E-state index is 10.8. The average Bonchev–Trinajstić information content (AvgIpc) is 2.65. The summed E-state index contributed by atoms with van der Waals surface area (Å²) in [5.74, 6) is -0.122.